The summed E-state index contributed by atoms with van der Waals surface area (Å²) in [6.07, 6.45) is 7.00. The molecule has 1 heterocycles. The monoisotopic (exact) mass is 201 g/mol. The summed E-state index contributed by atoms with van der Waals surface area (Å²) in [5.41, 5.74) is 1.30. The minimum atomic E-state index is 1.16. The van der Waals surface area contributed by atoms with Crippen LogP contribution in [0, 0.1) is 0 Å². The normalized spacial score (nSPS) is 14.6. The summed E-state index contributed by atoms with van der Waals surface area (Å²) in [6.45, 7) is 0. The summed E-state index contributed by atoms with van der Waals surface area (Å²) in [5, 5.41) is 4.12. The van der Waals surface area contributed by atoms with E-state index < -0.39 is 0 Å². The summed E-state index contributed by atoms with van der Waals surface area (Å²) in [5.74, 6) is 0. The molecule has 0 aliphatic heterocycles. The van der Waals surface area contributed by atoms with Gasteiger partial charge in [-0.25, -0.2) is 0 Å². The molecular weight excluding hydrogens is 189 g/mol. The van der Waals surface area contributed by atoms with Gasteiger partial charge in [0.2, 0.25) is 0 Å². The third-order valence-electron chi connectivity index (χ3n) is 2.84. The van der Waals surface area contributed by atoms with Gasteiger partial charge < -0.3 is 4.34 Å². The molecule has 1 aliphatic carbocycles. The molecule has 0 bridgehead atoms. The number of para-hydroxylation sites is 1. The van der Waals surface area contributed by atoms with Crippen LogP contribution < -0.4 is 10.6 Å². The second kappa shape index (κ2) is 2.96. The first-order valence-corrected chi connectivity index (χ1v) is 5.44. The molecule has 0 N–H and O–H groups in total. The zero-order valence-corrected chi connectivity index (χ0v) is 9.06. The van der Waals surface area contributed by atoms with E-state index >= 15 is 0 Å². The van der Waals surface area contributed by atoms with Gasteiger partial charge in [-0.05, 0) is 28.3 Å². The van der Waals surface area contributed by atoms with Crippen LogP contribution in [-0.2, 0) is 0 Å². The first-order chi connectivity index (χ1) is 6.88. The quantitative estimate of drug-likeness (QED) is 0.571. The number of aromatic nitrogens is 1. The molecule has 2 aromatic rings. The molecule has 1 nitrogen and oxygen atoms in total. The van der Waals surface area contributed by atoms with E-state index in [2.05, 4.69) is 50.1 Å². The molecule has 0 spiro atoms. The zero-order chi connectivity index (χ0) is 9.54. The molecule has 70 valence electrons. The fourth-order valence-corrected chi connectivity index (χ4v) is 2.65. The Hall–Kier alpha value is -1.07. The smallest absolute Gasteiger partial charge is 0.0520 e. The van der Waals surface area contributed by atoms with Crippen molar-refractivity contribution in [3.05, 3.63) is 34.8 Å². The Morgan fingerprint density at radius 1 is 1.07 bits per heavy atom. The molecule has 0 fully saturated rings. The summed E-state index contributed by atoms with van der Waals surface area (Å²) in [6, 6.07) is 8.57. The van der Waals surface area contributed by atoms with Crippen LogP contribution in [0.15, 0.2) is 24.3 Å². The zero-order valence-electron chi connectivity index (χ0n) is 7.90. The van der Waals surface area contributed by atoms with Crippen LogP contribution in [0.2, 0.25) is 0 Å². The molecule has 1 aromatic heterocycles. The lowest BCUT2D eigenvalue weighted by atomic mass is 10.1. The molecule has 14 heavy (non-hydrogen) atoms. The van der Waals surface area contributed by atoms with E-state index in [1.54, 1.807) is 0 Å². The van der Waals surface area contributed by atoms with Gasteiger partial charge >= 0.3 is 0 Å². The van der Waals surface area contributed by atoms with E-state index in [1.807, 2.05) is 0 Å². The van der Waals surface area contributed by atoms with Crippen molar-refractivity contribution in [1.29, 1.82) is 0 Å². The molecule has 0 amide bonds. The highest BCUT2D eigenvalue weighted by atomic mass is 31.0. The fraction of sp³-hybridized carbons (Fsp3) is 0.167. The van der Waals surface area contributed by atoms with Gasteiger partial charge in [-0.3, -0.25) is 0 Å². The van der Waals surface area contributed by atoms with Gasteiger partial charge in [0, 0.05) is 16.0 Å². The molecule has 0 radical (unpaired) electrons. The molecule has 1 unspecified atom stereocenters. The number of nitrogens with zero attached hydrogens (tertiary/aromatic N) is 1. The third-order valence-corrected chi connectivity index (χ3v) is 3.40. The lowest BCUT2D eigenvalue weighted by molar-refractivity contribution is 1.09. The minimum Gasteiger partial charge on any atom is -0.325 e. The molecular formula is C12H12NP. The molecule has 0 saturated carbocycles. The van der Waals surface area contributed by atoms with Crippen molar-refractivity contribution in [1.82, 2.24) is 4.34 Å². The van der Waals surface area contributed by atoms with Crippen LogP contribution in [0.1, 0.15) is 12.8 Å². The Kier molecular flexibility index (Phi) is 1.75. The molecule has 0 saturated heterocycles. The van der Waals surface area contributed by atoms with Crippen LogP contribution in [-0.4, -0.2) is 4.34 Å². The number of fused-ring (bicyclic) bond motifs is 3. The van der Waals surface area contributed by atoms with Crippen LogP contribution in [0.3, 0.4) is 0 Å². The second-order valence-electron chi connectivity index (χ2n) is 3.67. The first-order valence-electron chi connectivity index (χ1n) is 4.93. The Morgan fingerprint density at radius 3 is 2.79 bits per heavy atom. The van der Waals surface area contributed by atoms with E-state index in [0.29, 0.717) is 0 Å². The fourth-order valence-electron chi connectivity index (χ4n) is 2.18. The molecule has 2 heteroatoms. The Balaban J connectivity index is 2.68. The highest BCUT2D eigenvalue weighted by Gasteiger charge is 2.05. The SMILES string of the molecule is Pn1c2c(c3ccccc31)=CCCC=2. The predicted molar refractivity (Wildman–Crippen MR) is 64.5 cm³/mol. The van der Waals surface area contributed by atoms with Gasteiger partial charge in [0.15, 0.2) is 0 Å². The van der Waals surface area contributed by atoms with Crippen molar-refractivity contribution in [2.45, 2.75) is 12.8 Å². The molecule has 1 atom stereocenters. The first kappa shape index (κ1) is 8.26. The van der Waals surface area contributed by atoms with Gasteiger partial charge in [-0.15, -0.1) is 0 Å². The van der Waals surface area contributed by atoms with Crippen LogP contribution >= 0.6 is 9.39 Å². The molecule has 3 rings (SSSR count). The summed E-state index contributed by atoms with van der Waals surface area (Å²) >= 11 is 0. The maximum atomic E-state index is 2.80. The molecule has 1 aliphatic rings. The van der Waals surface area contributed by atoms with Crippen molar-refractivity contribution in [2.75, 3.05) is 0 Å². The number of benzene rings is 1. The van der Waals surface area contributed by atoms with Crippen molar-refractivity contribution in [3.63, 3.8) is 0 Å². The van der Waals surface area contributed by atoms with E-state index in [4.69, 9.17) is 0 Å². The van der Waals surface area contributed by atoms with Crippen molar-refractivity contribution in [3.8, 4) is 0 Å². The standard InChI is InChI=1S/C12H12NP/c14-13-11-7-3-1-5-9(11)10-6-2-4-8-12(10)13/h1,3,5-8H,2,4,14H2. The highest BCUT2D eigenvalue weighted by molar-refractivity contribution is 7.14. The number of rotatable bonds is 0. The van der Waals surface area contributed by atoms with Gasteiger partial charge in [-0.2, -0.15) is 0 Å². The highest BCUT2D eigenvalue weighted by Crippen LogP contribution is 2.12. The van der Waals surface area contributed by atoms with E-state index in [9.17, 15) is 0 Å². The van der Waals surface area contributed by atoms with Crippen LogP contribution in [0.4, 0.5) is 0 Å². The number of hydrogen-bond donors (Lipinski definition) is 0. The van der Waals surface area contributed by atoms with Gasteiger partial charge in [0.1, 0.15) is 0 Å². The topological polar surface area (TPSA) is 4.93 Å². The average molecular weight is 201 g/mol. The van der Waals surface area contributed by atoms with E-state index in [-0.39, 0.29) is 0 Å². The molecule has 1 aromatic carbocycles. The van der Waals surface area contributed by atoms with Crippen molar-refractivity contribution in [2.24, 2.45) is 0 Å². The Bertz CT molecular complexity index is 607. The average Bonchev–Trinajstić information content (AvgIpc) is 2.55. The lowest BCUT2D eigenvalue weighted by Gasteiger charge is -1.97. The van der Waals surface area contributed by atoms with Crippen LogP contribution in [0.5, 0.6) is 0 Å². The van der Waals surface area contributed by atoms with Gasteiger partial charge in [0.05, 0.1) is 5.52 Å². The summed E-state index contributed by atoms with van der Waals surface area (Å²) in [4.78, 5) is 0. The summed E-state index contributed by atoms with van der Waals surface area (Å²) in [7, 11) is 2.80. The largest absolute Gasteiger partial charge is 0.325 e. The maximum absolute atomic E-state index is 2.80. The number of hydrogen-bond acceptors (Lipinski definition) is 0. The lowest BCUT2D eigenvalue weighted by Crippen LogP contribution is -2.27. The van der Waals surface area contributed by atoms with E-state index in [0.717, 1.165) is 6.42 Å². The Morgan fingerprint density at radius 2 is 1.86 bits per heavy atom. The summed E-state index contributed by atoms with van der Waals surface area (Å²) < 4.78 is 2.21. The van der Waals surface area contributed by atoms with Crippen LogP contribution in [0.25, 0.3) is 23.1 Å². The van der Waals surface area contributed by atoms with E-state index in [1.165, 1.54) is 27.9 Å². The minimum absolute atomic E-state index is 1.16. The van der Waals surface area contributed by atoms with Gasteiger partial charge in [0.25, 0.3) is 0 Å². The third kappa shape index (κ3) is 0.994. The maximum Gasteiger partial charge on any atom is 0.0520 e. The predicted octanol–water partition coefficient (Wildman–Crippen LogP) is 1.63. The Labute approximate surface area is 85.0 Å². The second-order valence-corrected chi connectivity index (χ2v) is 4.19. The van der Waals surface area contributed by atoms with Crippen molar-refractivity contribution >= 4 is 32.4 Å². The van der Waals surface area contributed by atoms with Crippen molar-refractivity contribution < 1.29 is 0 Å². The van der Waals surface area contributed by atoms with Gasteiger partial charge in [-0.1, -0.05) is 30.4 Å².